The number of alkyl halides is 3. The molecule has 0 aliphatic carbocycles. The maximum atomic E-state index is 13.6. The number of rotatable bonds is 7. The third-order valence-corrected chi connectivity index (χ3v) is 7.34. The van der Waals surface area contributed by atoms with Gasteiger partial charge >= 0.3 is 6.18 Å². The Bertz CT molecular complexity index is 1560. The molecule has 194 valence electrons. The van der Waals surface area contributed by atoms with Crippen molar-refractivity contribution >= 4 is 20.7 Å². The number of ether oxygens (including phenoxy) is 1. The number of para-hydroxylation sites is 1. The first-order valence-electron chi connectivity index (χ1n) is 11.4. The fourth-order valence-electron chi connectivity index (χ4n) is 3.89. The summed E-state index contributed by atoms with van der Waals surface area (Å²) in [6.45, 7) is 4.82. The van der Waals surface area contributed by atoms with E-state index >= 15 is 0 Å². The number of pyridine rings is 2. The monoisotopic (exact) mass is 530 g/mol. The molecule has 0 radical (unpaired) electrons. The SMILES string of the molecule is Cc1cnc2c(C(F)(F)F)cccc2c1-c1cccc(Oc2cccc(S(=O)(=O)CCC(C)(C)O)n2)c1. The minimum atomic E-state index is -4.55. The quantitative estimate of drug-likeness (QED) is 0.300. The van der Waals surface area contributed by atoms with Crippen LogP contribution in [0.3, 0.4) is 0 Å². The smallest absolute Gasteiger partial charge is 0.418 e. The zero-order valence-electron chi connectivity index (χ0n) is 20.4. The van der Waals surface area contributed by atoms with Gasteiger partial charge in [-0.1, -0.05) is 30.3 Å². The standard InChI is InChI=1S/C27H25F3N2O4S/c1-17-16-31-25-20(9-5-10-21(25)27(28,29)30)24(17)18-7-4-8-19(15-18)36-22-11-6-12-23(32-22)37(34,35)14-13-26(2,3)33/h4-12,15-16,33H,13-14H2,1-3H3. The molecule has 0 aliphatic heterocycles. The average molecular weight is 531 g/mol. The number of aromatic nitrogens is 2. The van der Waals surface area contributed by atoms with Gasteiger partial charge in [-0.15, -0.1) is 0 Å². The number of sulfone groups is 1. The maximum Gasteiger partial charge on any atom is 0.418 e. The van der Waals surface area contributed by atoms with Crippen molar-refractivity contribution in [3.05, 3.63) is 78.0 Å². The van der Waals surface area contributed by atoms with E-state index in [4.69, 9.17) is 4.74 Å². The second-order valence-electron chi connectivity index (χ2n) is 9.34. The third-order valence-electron chi connectivity index (χ3n) is 5.74. The van der Waals surface area contributed by atoms with Crippen LogP contribution in [0.4, 0.5) is 13.2 Å². The van der Waals surface area contributed by atoms with Crippen LogP contribution in [0.25, 0.3) is 22.0 Å². The molecule has 0 atom stereocenters. The predicted octanol–water partition coefficient (Wildman–Crippen LogP) is 6.35. The first-order chi connectivity index (χ1) is 17.2. The predicted molar refractivity (Wildman–Crippen MR) is 134 cm³/mol. The van der Waals surface area contributed by atoms with Crippen molar-refractivity contribution in [3.8, 4) is 22.8 Å². The molecule has 37 heavy (non-hydrogen) atoms. The van der Waals surface area contributed by atoms with Crippen molar-refractivity contribution in [2.75, 3.05) is 5.75 Å². The largest absolute Gasteiger partial charge is 0.439 e. The Kier molecular flexibility index (Phi) is 7.00. The van der Waals surface area contributed by atoms with Gasteiger partial charge in [-0.2, -0.15) is 13.2 Å². The van der Waals surface area contributed by atoms with E-state index in [1.54, 1.807) is 37.3 Å². The lowest BCUT2D eigenvalue weighted by Crippen LogP contribution is -2.23. The Labute approximate surface area is 212 Å². The lowest BCUT2D eigenvalue weighted by molar-refractivity contribution is -0.136. The number of aliphatic hydroxyl groups is 1. The fraction of sp³-hybridized carbons (Fsp3) is 0.259. The van der Waals surface area contributed by atoms with Crippen LogP contribution < -0.4 is 4.74 Å². The summed E-state index contributed by atoms with van der Waals surface area (Å²) >= 11 is 0. The zero-order chi connectivity index (χ0) is 27.0. The highest BCUT2D eigenvalue weighted by atomic mass is 32.2. The Balaban J connectivity index is 1.69. The summed E-state index contributed by atoms with van der Waals surface area (Å²) in [6.07, 6.45) is -3.10. The van der Waals surface area contributed by atoms with Crippen LogP contribution >= 0.6 is 0 Å². The van der Waals surface area contributed by atoms with Crippen molar-refractivity contribution in [1.82, 2.24) is 9.97 Å². The van der Waals surface area contributed by atoms with Gasteiger partial charge in [-0.05, 0) is 68.1 Å². The van der Waals surface area contributed by atoms with Crippen LogP contribution in [0.1, 0.15) is 31.4 Å². The van der Waals surface area contributed by atoms with E-state index in [9.17, 15) is 26.7 Å². The number of aryl methyl sites for hydroxylation is 1. The van der Waals surface area contributed by atoms with E-state index < -0.39 is 27.2 Å². The summed E-state index contributed by atoms with van der Waals surface area (Å²) in [5, 5.41) is 10.0. The van der Waals surface area contributed by atoms with Crippen molar-refractivity contribution in [1.29, 1.82) is 0 Å². The molecular formula is C27H25F3N2O4S. The van der Waals surface area contributed by atoms with E-state index in [0.717, 1.165) is 6.07 Å². The topological polar surface area (TPSA) is 89.4 Å². The van der Waals surface area contributed by atoms with Crippen LogP contribution in [0.15, 0.2) is 71.9 Å². The molecule has 4 aromatic rings. The molecule has 2 heterocycles. The van der Waals surface area contributed by atoms with Gasteiger partial charge in [0.05, 0.1) is 22.4 Å². The Morgan fingerprint density at radius 1 is 1.00 bits per heavy atom. The molecular weight excluding hydrogens is 505 g/mol. The van der Waals surface area contributed by atoms with Crippen molar-refractivity contribution < 1.29 is 31.4 Å². The molecule has 10 heteroatoms. The van der Waals surface area contributed by atoms with Gasteiger partial charge in [0.2, 0.25) is 5.88 Å². The lowest BCUT2D eigenvalue weighted by atomic mass is 9.95. The number of nitrogens with zero attached hydrogens (tertiary/aromatic N) is 2. The highest BCUT2D eigenvalue weighted by molar-refractivity contribution is 7.91. The van der Waals surface area contributed by atoms with E-state index in [0.29, 0.717) is 27.8 Å². The van der Waals surface area contributed by atoms with Gasteiger partial charge in [0, 0.05) is 17.6 Å². The molecule has 1 N–H and O–H groups in total. The third kappa shape index (κ3) is 6.08. The van der Waals surface area contributed by atoms with Crippen LogP contribution in [0, 0.1) is 6.92 Å². The van der Waals surface area contributed by atoms with Gasteiger partial charge in [-0.3, -0.25) is 4.98 Å². The molecule has 0 fully saturated rings. The molecule has 0 aliphatic rings. The Hall–Kier alpha value is -3.50. The van der Waals surface area contributed by atoms with Crippen LogP contribution in [-0.4, -0.2) is 34.8 Å². The van der Waals surface area contributed by atoms with Gasteiger partial charge in [0.1, 0.15) is 5.75 Å². The summed E-state index contributed by atoms with van der Waals surface area (Å²) in [7, 11) is -3.76. The summed E-state index contributed by atoms with van der Waals surface area (Å²) in [4.78, 5) is 8.17. The molecule has 0 amide bonds. The summed E-state index contributed by atoms with van der Waals surface area (Å²) < 4.78 is 71.8. The number of halogens is 3. The summed E-state index contributed by atoms with van der Waals surface area (Å²) in [5.74, 6) is 0.0843. The lowest BCUT2D eigenvalue weighted by Gasteiger charge is -2.16. The average Bonchev–Trinajstić information content (AvgIpc) is 2.82. The first kappa shape index (κ1) is 26.6. The van der Waals surface area contributed by atoms with E-state index in [1.807, 2.05) is 0 Å². The summed E-state index contributed by atoms with van der Waals surface area (Å²) in [5.41, 5.74) is -0.231. The van der Waals surface area contributed by atoms with Gasteiger partial charge in [0.15, 0.2) is 14.9 Å². The second-order valence-corrected chi connectivity index (χ2v) is 11.4. The van der Waals surface area contributed by atoms with Gasteiger partial charge < -0.3 is 9.84 Å². The molecule has 0 bridgehead atoms. The highest BCUT2D eigenvalue weighted by Crippen LogP contribution is 2.39. The molecule has 2 aromatic carbocycles. The van der Waals surface area contributed by atoms with E-state index in [2.05, 4.69) is 9.97 Å². The van der Waals surface area contributed by atoms with Crippen molar-refractivity contribution in [3.63, 3.8) is 0 Å². The fourth-order valence-corrected chi connectivity index (χ4v) is 5.38. The molecule has 0 saturated heterocycles. The number of hydrogen-bond donors (Lipinski definition) is 1. The molecule has 0 spiro atoms. The first-order valence-corrected chi connectivity index (χ1v) is 13.1. The van der Waals surface area contributed by atoms with Crippen LogP contribution in [0.2, 0.25) is 0 Å². The number of fused-ring (bicyclic) bond motifs is 1. The highest BCUT2D eigenvalue weighted by Gasteiger charge is 2.33. The number of hydrogen-bond acceptors (Lipinski definition) is 6. The Morgan fingerprint density at radius 3 is 2.41 bits per heavy atom. The molecule has 4 rings (SSSR count). The van der Waals surface area contributed by atoms with Gasteiger partial charge in [-0.25, -0.2) is 13.4 Å². The van der Waals surface area contributed by atoms with E-state index in [1.165, 1.54) is 44.3 Å². The second kappa shape index (κ2) is 9.75. The minimum Gasteiger partial charge on any atom is -0.439 e. The van der Waals surface area contributed by atoms with Gasteiger partial charge in [0.25, 0.3) is 0 Å². The molecule has 0 unspecified atom stereocenters. The zero-order valence-corrected chi connectivity index (χ0v) is 21.2. The van der Waals surface area contributed by atoms with E-state index in [-0.39, 0.29) is 28.6 Å². The molecule has 0 saturated carbocycles. The Morgan fingerprint density at radius 2 is 1.70 bits per heavy atom. The van der Waals surface area contributed by atoms with Crippen LogP contribution in [-0.2, 0) is 16.0 Å². The molecule has 6 nitrogen and oxygen atoms in total. The number of benzene rings is 2. The van der Waals surface area contributed by atoms with Crippen LogP contribution in [0.5, 0.6) is 11.6 Å². The maximum absolute atomic E-state index is 13.6. The summed E-state index contributed by atoms with van der Waals surface area (Å²) in [6, 6.07) is 15.0. The minimum absolute atomic E-state index is 0.0390. The van der Waals surface area contributed by atoms with Crippen molar-refractivity contribution in [2.45, 2.75) is 44.0 Å². The van der Waals surface area contributed by atoms with Crippen molar-refractivity contribution in [2.24, 2.45) is 0 Å². The molecule has 2 aromatic heterocycles. The normalized spacial score (nSPS) is 12.6.